The number of piperidine rings is 1. The average Bonchev–Trinajstić information content (AvgIpc) is 2.17. The summed E-state index contributed by atoms with van der Waals surface area (Å²) < 4.78 is 0. The highest BCUT2D eigenvalue weighted by Gasteiger charge is 2.17. The molecule has 0 spiro atoms. The lowest BCUT2D eigenvalue weighted by molar-refractivity contribution is 0.171. The quantitative estimate of drug-likeness (QED) is 0.684. The standard InChI is InChI=1S/C11H23NS/c1-3-11(9-13)8-12-6-4-10(2)5-7-12/h10-11,13H,3-9H2,1-2H3. The van der Waals surface area contributed by atoms with Gasteiger partial charge in [0.2, 0.25) is 0 Å². The molecule has 0 aliphatic carbocycles. The van der Waals surface area contributed by atoms with Gasteiger partial charge in [-0.05, 0) is 43.5 Å². The van der Waals surface area contributed by atoms with Crippen molar-refractivity contribution in [2.75, 3.05) is 25.4 Å². The first-order valence-corrected chi connectivity index (χ1v) is 6.22. The van der Waals surface area contributed by atoms with E-state index in [1.807, 2.05) is 0 Å². The van der Waals surface area contributed by atoms with Crippen LogP contribution in [0.2, 0.25) is 0 Å². The molecule has 0 saturated carbocycles. The van der Waals surface area contributed by atoms with Gasteiger partial charge in [-0.15, -0.1) is 0 Å². The third kappa shape index (κ3) is 3.90. The van der Waals surface area contributed by atoms with Gasteiger partial charge >= 0.3 is 0 Å². The maximum atomic E-state index is 4.39. The molecule has 13 heavy (non-hydrogen) atoms. The fourth-order valence-electron chi connectivity index (χ4n) is 1.93. The van der Waals surface area contributed by atoms with Crippen molar-refractivity contribution in [3.63, 3.8) is 0 Å². The highest BCUT2D eigenvalue weighted by atomic mass is 32.1. The van der Waals surface area contributed by atoms with Crippen LogP contribution in [0.5, 0.6) is 0 Å². The molecule has 0 bridgehead atoms. The zero-order valence-corrected chi connectivity index (χ0v) is 9.89. The molecule has 1 unspecified atom stereocenters. The predicted octanol–water partition coefficient (Wildman–Crippen LogP) is 2.67. The fourth-order valence-corrected chi connectivity index (χ4v) is 2.30. The van der Waals surface area contributed by atoms with E-state index in [2.05, 4.69) is 31.4 Å². The Morgan fingerprint density at radius 2 is 2.00 bits per heavy atom. The molecule has 1 nitrogen and oxygen atoms in total. The van der Waals surface area contributed by atoms with Crippen molar-refractivity contribution in [3.05, 3.63) is 0 Å². The van der Waals surface area contributed by atoms with E-state index in [-0.39, 0.29) is 0 Å². The molecule has 1 fully saturated rings. The first-order chi connectivity index (χ1) is 6.26. The second-order valence-electron chi connectivity index (χ2n) is 4.44. The van der Waals surface area contributed by atoms with Crippen LogP contribution in [0.15, 0.2) is 0 Å². The van der Waals surface area contributed by atoms with Gasteiger partial charge in [-0.2, -0.15) is 12.6 Å². The molecule has 0 radical (unpaired) electrons. The van der Waals surface area contributed by atoms with Crippen molar-refractivity contribution in [3.8, 4) is 0 Å². The molecule has 0 aromatic carbocycles. The van der Waals surface area contributed by atoms with Crippen LogP contribution in [0.3, 0.4) is 0 Å². The largest absolute Gasteiger partial charge is 0.303 e. The van der Waals surface area contributed by atoms with Crippen LogP contribution in [0.1, 0.15) is 33.1 Å². The van der Waals surface area contributed by atoms with E-state index < -0.39 is 0 Å². The second kappa shape index (κ2) is 5.92. The van der Waals surface area contributed by atoms with Gasteiger partial charge in [0.05, 0.1) is 0 Å². The molecule has 0 amide bonds. The third-order valence-electron chi connectivity index (χ3n) is 3.23. The van der Waals surface area contributed by atoms with E-state index in [1.54, 1.807) is 0 Å². The molecular formula is C11H23NS. The topological polar surface area (TPSA) is 3.24 Å². The van der Waals surface area contributed by atoms with Crippen LogP contribution in [0, 0.1) is 11.8 Å². The van der Waals surface area contributed by atoms with E-state index in [9.17, 15) is 0 Å². The van der Waals surface area contributed by atoms with E-state index in [4.69, 9.17) is 0 Å². The molecule has 2 heteroatoms. The Morgan fingerprint density at radius 3 is 2.46 bits per heavy atom. The van der Waals surface area contributed by atoms with Crippen molar-refractivity contribution >= 4 is 12.6 Å². The van der Waals surface area contributed by atoms with Gasteiger partial charge in [0.15, 0.2) is 0 Å². The zero-order chi connectivity index (χ0) is 9.68. The molecular weight excluding hydrogens is 178 g/mol. The Bertz CT molecular complexity index is 126. The summed E-state index contributed by atoms with van der Waals surface area (Å²) in [6, 6.07) is 0. The number of nitrogens with zero attached hydrogens (tertiary/aromatic N) is 1. The van der Waals surface area contributed by atoms with Crippen LogP contribution >= 0.6 is 12.6 Å². The Labute approximate surface area is 88.3 Å². The first kappa shape index (κ1) is 11.4. The molecule has 78 valence electrons. The first-order valence-electron chi connectivity index (χ1n) is 5.59. The number of rotatable bonds is 4. The Kier molecular flexibility index (Phi) is 5.18. The summed E-state index contributed by atoms with van der Waals surface area (Å²) in [7, 11) is 0. The second-order valence-corrected chi connectivity index (χ2v) is 4.81. The maximum absolute atomic E-state index is 4.39. The Balaban J connectivity index is 2.21. The van der Waals surface area contributed by atoms with Crippen LogP contribution < -0.4 is 0 Å². The van der Waals surface area contributed by atoms with Crippen LogP contribution in [0.4, 0.5) is 0 Å². The van der Waals surface area contributed by atoms with Crippen LogP contribution in [-0.2, 0) is 0 Å². The highest BCUT2D eigenvalue weighted by Crippen LogP contribution is 2.18. The van der Waals surface area contributed by atoms with E-state index >= 15 is 0 Å². The summed E-state index contributed by atoms with van der Waals surface area (Å²) in [6.07, 6.45) is 4.06. The van der Waals surface area contributed by atoms with Gasteiger partial charge in [0.25, 0.3) is 0 Å². The van der Waals surface area contributed by atoms with Gasteiger partial charge < -0.3 is 4.90 Å². The van der Waals surface area contributed by atoms with Crippen molar-refractivity contribution in [1.29, 1.82) is 0 Å². The molecule has 1 rings (SSSR count). The fraction of sp³-hybridized carbons (Fsp3) is 1.00. The number of hydrogen-bond acceptors (Lipinski definition) is 2. The minimum absolute atomic E-state index is 0.803. The van der Waals surface area contributed by atoms with E-state index in [1.165, 1.54) is 38.9 Å². The van der Waals surface area contributed by atoms with Crippen molar-refractivity contribution in [1.82, 2.24) is 4.90 Å². The van der Waals surface area contributed by atoms with E-state index in [0.29, 0.717) is 0 Å². The summed E-state index contributed by atoms with van der Waals surface area (Å²) in [5.41, 5.74) is 0. The summed E-state index contributed by atoms with van der Waals surface area (Å²) >= 11 is 4.39. The molecule has 1 atom stereocenters. The SMILES string of the molecule is CCC(CS)CN1CCC(C)CC1. The minimum Gasteiger partial charge on any atom is -0.303 e. The van der Waals surface area contributed by atoms with Crippen molar-refractivity contribution in [2.24, 2.45) is 11.8 Å². The molecule has 0 aromatic heterocycles. The zero-order valence-electron chi connectivity index (χ0n) is 9.00. The Hall–Kier alpha value is 0.310. The van der Waals surface area contributed by atoms with E-state index in [0.717, 1.165) is 17.6 Å². The molecule has 0 aromatic rings. The normalized spacial score (nSPS) is 23.3. The smallest absolute Gasteiger partial charge is 0.00174 e. The van der Waals surface area contributed by atoms with Crippen LogP contribution in [-0.4, -0.2) is 30.3 Å². The maximum Gasteiger partial charge on any atom is 0.00174 e. The summed E-state index contributed by atoms with van der Waals surface area (Å²) in [6.45, 7) is 8.53. The predicted molar refractivity (Wildman–Crippen MR) is 62.5 cm³/mol. The van der Waals surface area contributed by atoms with Crippen molar-refractivity contribution < 1.29 is 0 Å². The van der Waals surface area contributed by atoms with Gasteiger partial charge in [-0.1, -0.05) is 20.3 Å². The molecule has 0 N–H and O–H groups in total. The Morgan fingerprint density at radius 1 is 1.38 bits per heavy atom. The van der Waals surface area contributed by atoms with Gasteiger partial charge in [-0.3, -0.25) is 0 Å². The molecule has 1 aliphatic rings. The van der Waals surface area contributed by atoms with Gasteiger partial charge in [0.1, 0.15) is 0 Å². The number of hydrogen-bond donors (Lipinski definition) is 1. The average molecular weight is 201 g/mol. The summed E-state index contributed by atoms with van der Waals surface area (Å²) in [5, 5.41) is 0. The lowest BCUT2D eigenvalue weighted by Gasteiger charge is -2.32. The minimum atomic E-state index is 0.803. The number of likely N-dealkylation sites (tertiary alicyclic amines) is 1. The lowest BCUT2D eigenvalue weighted by atomic mass is 9.98. The lowest BCUT2D eigenvalue weighted by Crippen LogP contribution is -2.36. The molecule has 1 aliphatic heterocycles. The van der Waals surface area contributed by atoms with Crippen LogP contribution in [0.25, 0.3) is 0 Å². The van der Waals surface area contributed by atoms with Crippen molar-refractivity contribution in [2.45, 2.75) is 33.1 Å². The van der Waals surface area contributed by atoms with Gasteiger partial charge in [0, 0.05) is 6.54 Å². The number of thiol groups is 1. The monoisotopic (exact) mass is 201 g/mol. The molecule has 1 heterocycles. The summed E-state index contributed by atoms with van der Waals surface area (Å²) in [5.74, 6) is 2.80. The highest BCUT2D eigenvalue weighted by molar-refractivity contribution is 7.80. The molecule has 1 saturated heterocycles. The third-order valence-corrected chi connectivity index (χ3v) is 3.74. The van der Waals surface area contributed by atoms with Gasteiger partial charge in [-0.25, -0.2) is 0 Å². The summed E-state index contributed by atoms with van der Waals surface area (Å²) in [4.78, 5) is 2.62.